The molecule has 9 heteroatoms. The van der Waals surface area contributed by atoms with Gasteiger partial charge in [0.2, 0.25) is 0 Å². The number of fused-ring (bicyclic) bond motifs is 1. The van der Waals surface area contributed by atoms with Gasteiger partial charge in [-0.25, -0.2) is 14.5 Å². The van der Waals surface area contributed by atoms with E-state index in [1.54, 1.807) is 10.9 Å². The molecule has 1 aliphatic rings. The maximum Gasteiger partial charge on any atom is 0.330 e. The summed E-state index contributed by atoms with van der Waals surface area (Å²) in [4.78, 5) is 33.3. The SMILES string of the molecule is O=c1[nH]c(=O)n(Cc2ccccc2)c2nc(-c3cnn(-c4ccccc4)c3)n(C[C@@H]3CCCO3)c12. The van der Waals surface area contributed by atoms with Crippen molar-refractivity contribution in [2.24, 2.45) is 0 Å². The number of H-pyrrole nitrogens is 1. The summed E-state index contributed by atoms with van der Waals surface area (Å²) in [6.45, 7) is 1.47. The third-order valence-electron chi connectivity index (χ3n) is 6.34. The Morgan fingerprint density at radius 1 is 1.00 bits per heavy atom. The summed E-state index contributed by atoms with van der Waals surface area (Å²) in [6, 6.07) is 19.4. The first-order valence-electron chi connectivity index (χ1n) is 11.7. The van der Waals surface area contributed by atoms with Crippen LogP contribution in [0.25, 0.3) is 28.2 Å². The number of aromatic nitrogens is 6. The van der Waals surface area contributed by atoms with Gasteiger partial charge >= 0.3 is 5.69 Å². The number of nitrogens with one attached hydrogen (secondary N) is 1. The maximum absolute atomic E-state index is 13.1. The fourth-order valence-electron chi connectivity index (χ4n) is 4.64. The molecule has 35 heavy (non-hydrogen) atoms. The Hall–Kier alpha value is -4.24. The van der Waals surface area contributed by atoms with Crippen LogP contribution in [0.4, 0.5) is 0 Å². The van der Waals surface area contributed by atoms with Gasteiger partial charge < -0.3 is 9.30 Å². The normalized spacial score (nSPS) is 15.7. The molecule has 0 spiro atoms. The standard InChI is InChI=1S/C26H24N6O3/c33-25-22-24(31(26(34)29-25)15-18-8-3-1-4-9-18)28-23(30(22)17-21-12-7-13-35-21)19-14-27-32(16-19)20-10-5-2-6-11-20/h1-6,8-11,14,16,21H,7,12-13,15,17H2,(H,29,33,34)/t21-/m0/s1. The molecule has 1 saturated heterocycles. The number of ether oxygens (including phenoxy) is 1. The second-order valence-electron chi connectivity index (χ2n) is 8.69. The van der Waals surface area contributed by atoms with Gasteiger partial charge in [0, 0.05) is 12.8 Å². The Kier molecular flexibility index (Phi) is 5.38. The lowest BCUT2D eigenvalue weighted by Gasteiger charge is -2.13. The minimum Gasteiger partial charge on any atom is -0.376 e. The first-order valence-corrected chi connectivity index (χ1v) is 11.7. The van der Waals surface area contributed by atoms with Crippen LogP contribution >= 0.6 is 0 Å². The van der Waals surface area contributed by atoms with Crippen molar-refractivity contribution >= 4 is 11.2 Å². The Balaban J connectivity index is 1.53. The molecule has 0 bridgehead atoms. The molecule has 0 unspecified atom stereocenters. The molecule has 0 saturated carbocycles. The molecule has 0 aliphatic carbocycles. The van der Waals surface area contributed by atoms with E-state index in [0.717, 1.165) is 29.7 Å². The lowest BCUT2D eigenvalue weighted by Crippen LogP contribution is -2.32. The van der Waals surface area contributed by atoms with Crippen LogP contribution in [0.15, 0.2) is 82.6 Å². The second-order valence-corrected chi connectivity index (χ2v) is 8.69. The van der Waals surface area contributed by atoms with E-state index < -0.39 is 11.2 Å². The number of imidazole rings is 1. The molecular weight excluding hydrogens is 444 g/mol. The van der Waals surface area contributed by atoms with Crippen LogP contribution in [0.1, 0.15) is 18.4 Å². The summed E-state index contributed by atoms with van der Waals surface area (Å²) < 4.78 is 11.0. The van der Waals surface area contributed by atoms with Gasteiger partial charge in [0.05, 0.1) is 36.6 Å². The third kappa shape index (κ3) is 4.00. The molecule has 1 aliphatic heterocycles. The van der Waals surface area contributed by atoms with Gasteiger partial charge in [-0.05, 0) is 30.5 Å². The molecule has 1 atom stereocenters. The van der Waals surface area contributed by atoms with Gasteiger partial charge in [-0.3, -0.25) is 14.3 Å². The van der Waals surface area contributed by atoms with Crippen molar-refractivity contribution in [3.8, 4) is 17.1 Å². The van der Waals surface area contributed by atoms with E-state index in [9.17, 15) is 9.59 Å². The van der Waals surface area contributed by atoms with Crippen LogP contribution in [0, 0.1) is 0 Å². The van der Waals surface area contributed by atoms with Crippen molar-refractivity contribution in [2.45, 2.75) is 32.0 Å². The molecule has 176 valence electrons. The van der Waals surface area contributed by atoms with E-state index in [-0.39, 0.29) is 6.10 Å². The molecule has 6 rings (SSSR count). The number of nitrogens with zero attached hydrogens (tertiary/aromatic N) is 5. The average Bonchev–Trinajstić information content (AvgIpc) is 3.64. The van der Waals surface area contributed by atoms with Crippen molar-refractivity contribution in [3.63, 3.8) is 0 Å². The fourth-order valence-corrected chi connectivity index (χ4v) is 4.64. The molecule has 1 fully saturated rings. The molecule has 0 amide bonds. The summed E-state index contributed by atoms with van der Waals surface area (Å²) in [5.74, 6) is 0.579. The van der Waals surface area contributed by atoms with Gasteiger partial charge in [0.1, 0.15) is 5.82 Å². The number of aromatic amines is 1. The smallest absolute Gasteiger partial charge is 0.330 e. The fraction of sp³-hybridized carbons (Fsp3) is 0.231. The summed E-state index contributed by atoms with van der Waals surface area (Å²) in [7, 11) is 0. The summed E-state index contributed by atoms with van der Waals surface area (Å²) in [6.07, 6.45) is 5.48. The molecule has 4 heterocycles. The van der Waals surface area contributed by atoms with Crippen LogP contribution in [0.2, 0.25) is 0 Å². The highest BCUT2D eigenvalue weighted by Gasteiger charge is 2.25. The van der Waals surface area contributed by atoms with E-state index in [1.807, 2.05) is 71.4 Å². The number of para-hydroxylation sites is 1. The van der Waals surface area contributed by atoms with Crippen LogP contribution in [0.5, 0.6) is 0 Å². The Morgan fingerprint density at radius 2 is 1.77 bits per heavy atom. The molecular formula is C26H24N6O3. The topological polar surface area (TPSA) is 99.7 Å². The van der Waals surface area contributed by atoms with E-state index in [2.05, 4.69) is 10.1 Å². The van der Waals surface area contributed by atoms with Crippen LogP contribution in [-0.4, -0.2) is 41.6 Å². The predicted molar refractivity (Wildman–Crippen MR) is 132 cm³/mol. The molecule has 1 N–H and O–H groups in total. The first kappa shape index (κ1) is 21.3. The third-order valence-corrected chi connectivity index (χ3v) is 6.34. The van der Waals surface area contributed by atoms with Crippen molar-refractivity contribution in [1.82, 2.24) is 28.9 Å². The molecule has 5 aromatic rings. The minimum atomic E-state index is -0.486. The lowest BCUT2D eigenvalue weighted by molar-refractivity contribution is 0.0982. The summed E-state index contributed by atoms with van der Waals surface area (Å²) in [5, 5.41) is 4.51. The first-order chi connectivity index (χ1) is 17.2. The van der Waals surface area contributed by atoms with Crippen molar-refractivity contribution in [3.05, 3.63) is 99.5 Å². The molecule has 2 aromatic carbocycles. The summed E-state index contributed by atoms with van der Waals surface area (Å²) >= 11 is 0. The van der Waals surface area contributed by atoms with E-state index in [1.165, 1.54) is 4.57 Å². The van der Waals surface area contributed by atoms with Crippen LogP contribution in [0.3, 0.4) is 0 Å². The maximum atomic E-state index is 13.1. The van der Waals surface area contributed by atoms with Gasteiger partial charge in [0.25, 0.3) is 5.56 Å². The highest BCUT2D eigenvalue weighted by molar-refractivity contribution is 5.77. The average molecular weight is 469 g/mol. The zero-order valence-electron chi connectivity index (χ0n) is 19.0. The number of hydrogen-bond donors (Lipinski definition) is 1. The minimum absolute atomic E-state index is 0.0239. The molecule has 3 aromatic heterocycles. The van der Waals surface area contributed by atoms with Gasteiger partial charge in [0.15, 0.2) is 11.2 Å². The second kappa shape index (κ2) is 8.84. The van der Waals surface area contributed by atoms with Crippen molar-refractivity contribution in [1.29, 1.82) is 0 Å². The molecule has 0 radical (unpaired) electrons. The largest absolute Gasteiger partial charge is 0.376 e. The van der Waals surface area contributed by atoms with Crippen molar-refractivity contribution in [2.75, 3.05) is 6.61 Å². The number of rotatable bonds is 6. The zero-order valence-corrected chi connectivity index (χ0v) is 19.0. The lowest BCUT2D eigenvalue weighted by atomic mass is 10.2. The Bertz CT molecular complexity index is 1590. The molecule has 9 nitrogen and oxygen atoms in total. The highest BCUT2D eigenvalue weighted by Crippen LogP contribution is 2.26. The van der Waals surface area contributed by atoms with Gasteiger partial charge in [-0.2, -0.15) is 5.10 Å². The van der Waals surface area contributed by atoms with E-state index >= 15 is 0 Å². The van der Waals surface area contributed by atoms with Gasteiger partial charge in [-0.1, -0.05) is 48.5 Å². The Labute approximate surface area is 200 Å². The zero-order chi connectivity index (χ0) is 23.8. The Morgan fingerprint density at radius 3 is 2.51 bits per heavy atom. The van der Waals surface area contributed by atoms with E-state index in [4.69, 9.17) is 9.72 Å². The monoisotopic (exact) mass is 468 g/mol. The van der Waals surface area contributed by atoms with Gasteiger partial charge in [-0.15, -0.1) is 0 Å². The number of hydrogen-bond acceptors (Lipinski definition) is 5. The van der Waals surface area contributed by atoms with Crippen LogP contribution < -0.4 is 11.2 Å². The number of benzene rings is 2. The predicted octanol–water partition coefficient (Wildman–Crippen LogP) is 2.97. The highest BCUT2D eigenvalue weighted by atomic mass is 16.5. The quantitative estimate of drug-likeness (QED) is 0.413. The van der Waals surface area contributed by atoms with E-state index in [0.29, 0.717) is 36.7 Å². The summed E-state index contributed by atoms with van der Waals surface area (Å²) in [5.41, 5.74) is 2.37. The van der Waals surface area contributed by atoms with Crippen LogP contribution in [-0.2, 0) is 17.8 Å². The van der Waals surface area contributed by atoms with Crippen molar-refractivity contribution < 1.29 is 4.74 Å².